The fraction of sp³-hybridized carbons (Fsp3) is 0.250. The van der Waals surface area contributed by atoms with Gasteiger partial charge >= 0.3 is 0 Å². The quantitative estimate of drug-likeness (QED) is 0.454. The van der Waals surface area contributed by atoms with Crippen molar-refractivity contribution in [2.75, 3.05) is 7.11 Å². The van der Waals surface area contributed by atoms with Crippen LogP contribution in [0, 0.1) is 12.3 Å². The van der Waals surface area contributed by atoms with E-state index in [1.165, 1.54) is 7.11 Å². The molecular weight excluding hydrogens is 190 g/mol. The monoisotopic (exact) mass is 203 g/mol. The topological polar surface area (TPSA) is 41.8 Å². The van der Waals surface area contributed by atoms with Crippen LogP contribution >= 0.6 is 0 Å². The summed E-state index contributed by atoms with van der Waals surface area (Å²) in [5, 5.41) is 13.2. The third-order valence-corrected chi connectivity index (χ3v) is 1.91. The molecule has 1 aromatic rings. The average molecular weight is 203 g/mol. The van der Waals surface area contributed by atoms with Gasteiger partial charge in [-0.3, -0.25) is 0 Å². The van der Waals surface area contributed by atoms with Gasteiger partial charge in [-0.05, 0) is 5.56 Å². The Bertz CT molecular complexity index is 365. The van der Waals surface area contributed by atoms with Crippen molar-refractivity contribution < 1.29 is 9.94 Å². The molecule has 1 N–H and O–H groups in total. The van der Waals surface area contributed by atoms with Gasteiger partial charge in [0.05, 0.1) is 0 Å². The van der Waals surface area contributed by atoms with Crippen molar-refractivity contribution in [3.05, 3.63) is 35.9 Å². The van der Waals surface area contributed by atoms with E-state index in [-0.39, 0.29) is 0 Å². The molecule has 3 nitrogen and oxygen atoms in total. The Morgan fingerprint density at radius 3 is 2.73 bits per heavy atom. The van der Waals surface area contributed by atoms with Gasteiger partial charge in [0.2, 0.25) is 0 Å². The molecule has 0 aliphatic heterocycles. The lowest BCUT2D eigenvalue weighted by atomic mass is 10.1. The lowest BCUT2D eigenvalue weighted by Gasteiger charge is -2.07. The Kier molecular flexibility index (Phi) is 4.39. The third-order valence-electron chi connectivity index (χ3n) is 1.91. The smallest absolute Gasteiger partial charge is 0.156 e. The van der Waals surface area contributed by atoms with E-state index >= 15 is 0 Å². The number of aliphatic hydroxyl groups excluding tert-OH is 1. The first-order chi connectivity index (χ1) is 7.27. The molecule has 0 bridgehead atoms. The summed E-state index contributed by atoms with van der Waals surface area (Å²) in [5.74, 6) is 2.21. The second-order valence-electron chi connectivity index (χ2n) is 3.00. The number of benzene rings is 1. The third kappa shape index (κ3) is 3.45. The van der Waals surface area contributed by atoms with Crippen LogP contribution in [-0.4, -0.2) is 24.0 Å². The van der Waals surface area contributed by atoms with E-state index in [0.29, 0.717) is 12.1 Å². The minimum absolute atomic E-state index is 0.436. The van der Waals surface area contributed by atoms with Crippen LogP contribution < -0.4 is 0 Å². The van der Waals surface area contributed by atoms with E-state index < -0.39 is 6.10 Å². The van der Waals surface area contributed by atoms with Crippen LogP contribution in [0.2, 0.25) is 0 Å². The standard InChI is InChI=1S/C12H13NO2/c1-3-12(14)11(13-15-2)9-10-7-5-4-6-8-10/h1,4-8,12,14H,9H2,2H3. The molecule has 0 aliphatic carbocycles. The fourth-order valence-electron chi connectivity index (χ4n) is 1.20. The van der Waals surface area contributed by atoms with Crippen molar-refractivity contribution in [2.45, 2.75) is 12.5 Å². The normalized spacial score (nSPS) is 13.0. The fourth-order valence-corrected chi connectivity index (χ4v) is 1.20. The van der Waals surface area contributed by atoms with Gasteiger partial charge in [0, 0.05) is 6.42 Å². The van der Waals surface area contributed by atoms with E-state index in [0.717, 1.165) is 5.56 Å². The Morgan fingerprint density at radius 2 is 2.20 bits per heavy atom. The van der Waals surface area contributed by atoms with E-state index in [9.17, 15) is 5.11 Å². The first-order valence-electron chi connectivity index (χ1n) is 4.56. The zero-order chi connectivity index (χ0) is 11.1. The highest BCUT2D eigenvalue weighted by Gasteiger charge is 2.11. The summed E-state index contributed by atoms with van der Waals surface area (Å²) < 4.78 is 0. The molecule has 0 aromatic heterocycles. The van der Waals surface area contributed by atoms with Gasteiger partial charge in [0.25, 0.3) is 0 Å². The molecule has 1 rings (SSSR count). The van der Waals surface area contributed by atoms with Gasteiger partial charge in [-0.15, -0.1) is 6.42 Å². The number of rotatable bonds is 4. The minimum Gasteiger partial charge on any atom is -0.399 e. The molecule has 0 saturated carbocycles. The van der Waals surface area contributed by atoms with Crippen molar-refractivity contribution in [1.82, 2.24) is 0 Å². The average Bonchev–Trinajstić information content (AvgIpc) is 2.29. The largest absolute Gasteiger partial charge is 0.399 e. The van der Waals surface area contributed by atoms with Crippen LogP contribution in [0.1, 0.15) is 5.56 Å². The number of aliphatic hydroxyl groups is 1. The molecule has 1 unspecified atom stereocenters. The van der Waals surface area contributed by atoms with Crippen molar-refractivity contribution in [3.63, 3.8) is 0 Å². The molecule has 0 spiro atoms. The molecule has 78 valence electrons. The molecule has 1 atom stereocenters. The summed E-state index contributed by atoms with van der Waals surface area (Å²) in [4.78, 5) is 4.63. The predicted octanol–water partition coefficient (Wildman–Crippen LogP) is 1.23. The van der Waals surface area contributed by atoms with Crippen molar-refractivity contribution in [3.8, 4) is 12.3 Å². The molecule has 1 aromatic carbocycles. The Hall–Kier alpha value is -1.79. The van der Waals surface area contributed by atoms with E-state index in [2.05, 4.69) is 15.9 Å². The van der Waals surface area contributed by atoms with Crippen molar-refractivity contribution >= 4 is 5.71 Å². The predicted molar refractivity (Wildman–Crippen MR) is 59.4 cm³/mol. The van der Waals surface area contributed by atoms with Crippen molar-refractivity contribution in [1.29, 1.82) is 0 Å². The van der Waals surface area contributed by atoms with Crippen LogP contribution in [0.25, 0.3) is 0 Å². The van der Waals surface area contributed by atoms with Gasteiger partial charge in [0.1, 0.15) is 12.8 Å². The molecule has 0 amide bonds. The maximum atomic E-state index is 9.46. The summed E-state index contributed by atoms with van der Waals surface area (Å²) in [6.45, 7) is 0. The first-order valence-corrected chi connectivity index (χ1v) is 4.56. The van der Waals surface area contributed by atoms with E-state index in [1.807, 2.05) is 30.3 Å². The van der Waals surface area contributed by atoms with Crippen LogP contribution in [0.3, 0.4) is 0 Å². The molecule has 0 saturated heterocycles. The lowest BCUT2D eigenvalue weighted by molar-refractivity contribution is 0.203. The second kappa shape index (κ2) is 5.84. The summed E-state index contributed by atoms with van der Waals surface area (Å²) >= 11 is 0. The zero-order valence-corrected chi connectivity index (χ0v) is 8.55. The van der Waals surface area contributed by atoms with Crippen molar-refractivity contribution in [2.24, 2.45) is 5.16 Å². The van der Waals surface area contributed by atoms with Crippen LogP contribution in [0.4, 0.5) is 0 Å². The molecule has 0 fully saturated rings. The van der Waals surface area contributed by atoms with E-state index in [4.69, 9.17) is 6.42 Å². The van der Waals surface area contributed by atoms with Gasteiger partial charge in [0.15, 0.2) is 6.10 Å². The number of terminal acetylenes is 1. The summed E-state index contributed by atoms with van der Waals surface area (Å²) in [7, 11) is 1.42. The summed E-state index contributed by atoms with van der Waals surface area (Å²) in [6, 6.07) is 9.64. The maximum absolute atomic E-state index is 9.46. The Balaban J connectivity index is 2.77. The van der Waals surface area contributed by atoms with Crippen LogP contribution in [0.15, 0.2) is 35.5 Å². The highest BCUT2D eigenvalue weighted by atomic mass is 16.6. The maximum Gasteiger partial charge on any atom is 0.156 e. The van der Waals surface area contributed by atoms with Gasteiger partial charge in [-0.2, -0.15) is 0 Å². The molecule has 0 aliphatic rings. The van der Waals surface area contributed by atoms with Gasteiger partial charge in [-0.25, -0.2) is 0 Å². The van der Waals surface area contributed by atoms with E-state index in [1.54, 1.807) is 0 Å². The highest BCUT2D eigenvalue weighted by molar-refractivity contribution is 5.92. The zero-order valence-electron chi connectivity index (χ0n) is 8.55. The molecule has 0 radical (unpaired) electrons. The SMILES string of the molecule is C#CC(O)C(Cc1ccccc1)=NOC. The molecular formula is C12H13NO2. The first kappa shape index (κ1) is 11.3. The molecule has 15 heavy (non-hydrogen) atoms. The van der Waals surface area contributed by atoms with Gasteiger partial charge in [-0.1, -0.05) is 41.4 Å². The van der Waals surface area contributed by atoms with Crippen LogP contribution in [0.5, 0.6) is 0 Å². The Morgan fingerprint density at radius 1 is 1.53 bits per heavy atom. The summed E-state index contributed by atoms with van der Waals surface area (Å²) in [6.07, 6.45) is 4.61. The number of hydrogen-bond donors (Lipinski definition) is 1. The van der Waals surface area contributed by atoms with Gasteiger partial charge < -0.3 is 9.94 Å². The summed E-state index contributed by atoms with van der Waals surface area (Å²) in [5.41, 5.74) is 1.47. The Labute approximate surface area is 89.4 Å². The number of hydrogen-bond acceptors (Lipinski definition) is 3. The molecule has 3 heteroatoms. The van der Waals surface area contributed by atoms with Crippen LogP contribution in [-0.2, 0) is 11.3 Å². The number of nitrogens with zero attached hydrogens (tertiary/aromatic N) is 1. The number of oxime groups is 1. The minimum atomic E-state index is -0.995. The lowest BCUT2D eigenvalue weighted by Crippen LogP contribution is -2.21. The second-order valence-corrected chi connectivity index (χ2v) is 3.00. The molecule has 0 heterocycles. The highest BCUT2D eigenvalue weighted by Crippen LogP contribution is 2.03.